The molecule has 0 aliphatic rings. The Morgan fingerprint density at radius 2 is 1.52 bits per heavy atom. The standard InChI is InChI=1S/C18H13NO6/c1-24-17(20)14-7-10-5-3-4-6-12(10)13-8-11(19(22)23)9-15(16(13)14)18(21)25-2/h3-9H,1-2H3. The predicted octanol–water partition coefficient (Wildman–Crippen LogP) is 3.47. The number of methoxy groups -OCH3 is 2. The first-order chi connectivity index (χ1) is 12.0. The number of nitro groups is 1. The SMILES string of the molecule is COC(=O)c1cc([N+](=O)[O-])cc2c1c(C(=O)OC)cc1ccccc12. The van der Waals surface area contributed by atoms with Crippen molar-refractivity contribution < 1.29 is 24.0 Å². The van der Waals surface area contributed by atoms with Crippen molar-refractivity contribution in [2.24, 2.45) is 0 Å². The summed E-state index contributed by atoms with van der Waals surface area (Å²) in [5.41, 5.74) is -0.176. The van der Waals surface area contributed by atoms with E-state index < -0.39 is 16.9 Å². The number of nitro benzene ring substituents is 1. The summed E-state index contributed by atoms with van der Waals surface area (Å²) in [4.78, 5) is 35.1. The van der Waals surface area contributed by atoms with Crippen LogP contribution in [-0.4, -0.2) is 31.1 Å². The molecule has 0 radical (unpaired) electrons. The molecule has 0 N–H and O–H groups in total. The van der Waals surface area contributed by atoms with E-state index in [0.717, 1.165) is 6.07 Å². The Hall–Kier alpha value is -3.48. The zero-order chi connectivity index (χ0) is 18.1. The molecule has 0 amide bonds. The Bertz CT molecular complexity index is 1040. The molecule has 0 spiro atoms. The molecule has 0 aliphatic carbocycles. The Morgan fingerprint density at radius 3 is 2.12 bits per heavy atom. The number of non-ortho nitro benzene ring substituents is 1. The zero-order valence-electron chi connectivity index (χ0n) is 13.4. The Balaban J connectivity index is 2.59. The molecule has 0 saturated heterocycles. The first kappa shape index (κ1) is 16.4. The molecule has 25 heavy (non-hydrogen) atoms. The number of carbonyl (C=O) groups is 2. The number of fused-ring (bicyclic) bond motifs is 3. The second-order valence-corrected chi connectivity index (χ2v) is 5.30. The number of nitrogens with zero attached hydrogens (tertiary/aromatic N) is 1. The number of rotatable bonds is 3. The van der Waals surface area contributed by atoms with Crippen LogP contribution >= 0.6 is 0 Å². The van der Waals surface area contributed by atoms with Crippen LogP contribution in [-0.2, 0) is 9.47 Å². The Labute approximate surface area is 141 Å². The van der Waals surface area contributed by atoms with Crippen LogP contribution in [0.25, 0.3) is 21.5 Å². The number of hydrogen-bond donors (Lipinski definition) is 0. The van der Waals surface area contributed by atoms with Crippen LogP contribution in [0, 0.1) is 10.1 Å². The van der Waals surface area contributed by atoms with E-state index in [0.29, 0.717) is 16.2 Å². The lowest BCUT2D eigenvalue weighted by Crippen LogP contribution is -2.09. The molecule has 0 aromatic heterocycles. The molecule has 0 fully saturated rings. The molecule has 3 aromatic carbocycles. The van der Waals surface area contributed by atoms with Gasteiger partial charge in [-0.2, -0.15) is 0 Å². The van der Waals surface area contributed by atoms with Crippen molar-refractivity contribution in [3.8, 4) is 0 Å². The second-order valence-electron chi connectivity index (χ2n) is 5.30. The third kappa shape index (κ3) is 2.65. The van der Waals surface area contributed by atoms with Crippen LogP contribution < -0.4 is 0 Å². The van der Waals surface area contributed by atoms with Crippen LogP contribution in [0.4, 0.5) is 5.69 Å². The number of hydrogen-bond acceptors (Lipinski definition) is 6. The van der Waals surface area contributed by atoms with Crippen molar-refractivity contribution in [1.82, 2.24) is 0 Å². The summed E-state index contributed by atoms with van der Waals surface area (Å²) in [7, 11) is 2.40. The van der Waals surface area contributed by atoms with Crippen molar-refractivity contribution in [2.45, 2.75) is 0 Å². The van der Waals surface area contributed by atoms with E-state index in [1.807, 2.05) is 0 Å². The van der Waals surface area contributed by atoms with Gasteiger partial charge in [-0.25, -0.2) is 9.59 Å². The lowest BCUT2D eigenvalue weighted by molar-refractivity contribution is -0.384. The first-order valence-electron chi connectivity index (χ1n) is 7.28. The molecular formula is C18H13NO6. The third-order valence-corrected chi connectivity index (χ3v) is 3.96. The second kappa shape index (κ2) is 6.20. The smallest absolute Gasteiger partial charge is 0.338 e. The van der Waals surface area contributed by atoms with Crippen LogP contribution in [0.1, 0.15) is 20.7 Å². The number of carbonyl (C=O) groups excluding carboxylic acids is 2. The maximum Gasteiger partial charge on any atom is 0.338 e. The largest absolute Gasteiger partial charge is 0.465 e. The molecule has 0 aliphatic heterocycles. The van der Waals surface area contributed by atoms with Crippen molar-refractivity contribution in [3.05, 3.63) is 63.7 Å². The van der Waals surface area contributed by atoms with Crippen LogP contribution in [0.5, 0.6) is 0 Å². The minimum absolute atomic E-state index is 0.0575. The molecule has 7 nitrogen and oxygen atoms in total. The monoisotopic (exact) mass is 339 g/mol. The average Bonchev–Trinajstić information content (AvgIpc) is 2.64. The Morgan fingerprint density at radius 1 is 0.920 bits per heavy atom. The minimum Gasteiger partial charge on any atom is -0.465 e. The number of ether oxygens (including phenoxy) is 2. The van der Waals surface area contributed by atoms with Gasteiger partial charge in [-0.1, -0.05) is 24.3 Å². The number of esters is 2. The topological polar surface area (TPSA) is 95.7 Å². The maximum atomic E-state index is 12.2. The van der Waals surface area contributed by atoms with Gasteiger partial charge >= 0.3 is 11.9 Å². The fourth-order valence-corrected chi connectivity index (χ4v) is 2.87. The van der Waals surface area contributed by atoms with Crippen LogP contribution in [0.3, 0.4) is 0 Å². The van der Waals surface area contributed by atoms with Gasteiger partial charge in [0, 0.05) is 17.5 Å². The molecule has 3 aromatic rings. The maximum absolute atomic E-state index is 12.2. The van der Waals surface area contributed by atoms with Gasteiger partial charge in [0.25, 0.3) is 5.69 Å². The molecule has 126 valence electrons. The van der Waals surface area contributed by atoms with Crippen molar-refractivity contribution in [3.63, 3.8) is 0 Å². The quantitative estimate of drug-likeness (QED) is 0.314. The van der Waals surface area contributed by atoms with Crippen LogP contribution in [0.2, 0.25) is 0 Å². The van der Waals surface area contributed by atoms with E-state index in [1.165, 1.54) is 20.3 Å². The summed E-state index contributed by atoms with van der Waals surface area (Å²) in [5, 5.41) is 13.3. The highest BCUT2D eigenvalue weighted by Crippen LogP contribution is 2.35. The van der Waals surface area contributed by atoms with E-state index in [2.05, 4.69) is 0 Å². The molecule has 0 atom stereocenters. The molecule has 3 rings (SSSR count). The molecule has 0 saturated carbocycles. The van der Waals surface area contributed by atoms with E-state index in [9.17, 15) is 19.7 Å². The fourth-order valence-electron chi connectivity index (χ4n) is 2.87. The van der Waals surface area contributed by atoms with Gasteiger partial charge in [0.2, 0.25) is 0 Å². The highest BCUT2D eigenvalue weighted by Gasteiger charge is 2.24. The van der Waals surface area contributed by atoms with Gasteiger partial charge in [-0.05, 0) is 22.2 Å². The van der Waals surface area contributed by atoms with Gasteiger partial charge in [0.1, 0.15) is 0 Å². The zero-order valence-corrected chi connectivity index (χ0v) is 13.4. The van der Waals surface area contributed by atoms with Gasteiger partial charge in [-0.15, -0.1) is 0 Å². The highest BCUT2D eigenvalue weighted by atomic mass is 16.6. The molecule has 7 heteroatoms. The summed E-state index contributed by atoms with van der Waals surface area (Å²) >= 11 is 0. The molecule has 0 unspecified atom stereocenters. The third-order valence-electron chi connectivity index (χ3n) is 3.96. The average molecular weight is 339 g/mol. The van der Waals surface area contributed by atoms with Crippen molar-refractivity contribution >= 4 is 39.2 Å². The minimum atomic E-state index is -0.769. The van der Waals surface area contributed by atoms with E-state index >= 15 is 0 Å². The first-order valence-corrected chi connectivity index (χ1v) is 7.28. The summed E-state index contributed by atoms with van der Waals surface area (Å²) in [6.07, 6.45) is 0. The Kier molecular flexibility index (Phi) is 4.06. The van der Waals surface area contributed by atoms with E-state index in [-0.39, 0.29) is 22.2 Å². The molecular weight excluding hydrogens is 326 g/mol. The van der Waals surface area contributed by atoms with Gasteiger partial charge in [0.15, 0.2) is 0 Å². The predicted molar refractivity (Wildman–Crippen MR) is 90.8 cm³/mol. The normalized spacial score (nSPS) is 10.6. The van der Waals surface area contributed by atoms with Crippen molar-refractivity contribution in [2.75, 3.05) is 14.2 Å². The van der Waals surface area contributed by atoms with E-state index in [1.54, 1.807) is 30.3 Å². The molecule has 0 heterocycles. The lowest BCUT2D eigenvalue weighted by atomic mass is 9.93. The highest BCUT2D eigenvalue weighted by molar-refractivity contribution is 6.21. The van der Waals surface area contributed by atoms with Gasteiger partial charge < -0.3 is 9.47 Å². The summed E-state index contributed by atoms with van der Waals surface area (Å²) < 4.78 is 9.56. The van der Waals surface area contributed by atoms with Crippen molar-refractivity contribution in [1.29, 1.82) is 0 Å². The molecule has 0 bridgehead atoms. The van der Waals surface area contributed by atoms with E-state index in [4.69, 9.17) is 9.47 Å². The summed E-state index contributed by atoms with van der Waals surface area (Å²) in [5.74, 6) is -1.41. The van der Waals surface area contributed by atoms with Gasteiger partial charge in [0.05, 0.1) is 30.3 Å². The fraction of sp³-hybridized carbons (Fsp3) is 0.111. The number of benzene rings is 3. The van der Waals surface area contributed by atoms with Crippen LogP contribution in [0.15, 0.2) is 42.5 Å². The lowest BCUT2D eigenvalue weighted by Gasteiger charge is -2.12. The van der Waals surface area contributed by atoms with Gasteiger partial charge in [-0.3, -0.25) is 10.1 Å². The summed E-state index contributed by atoms with van der Waals surface area (Å²) in [6, 6.07) is 11.2. The summed E-state index contributed by atoms with van der Waals surface area (Å²) in [6.45, 7) is 0.